The van der Waals surface area contributed by atoms with Crippen LogP contribution in [0.5, 0.6) is 0 Å². The zero-order valence-electron chi connectivity index (χ0n) is 9.67. The van der Waals surface area contributed by atoms with Gasteiger partial charge in [0.1, 0.15) is 5.82 Å². The van der Waals surface area contributed by atoms with Gasteiger partial charge in [0, 0.05) is 17.5 Å². The second-order valence-electron chi connectivity index (χ2n) is 3.93. The molecule has 0 saturated heterocycles. The number of halogens is 2. The normalized spacial score (nSPS) is 12.2. The quantitative estimate of drug-likeness (QED) is 0.853. The molecule has 0 aliphatic carbocycles. The number of rotatable bonds is 5. The van der Waals surface area contributed by atoms with Crippen LogP contribution in [0.15, 0.2) is 18.2 Å². The second-order valence-corrected chi connectivity index (χ2v) is 4.36. The predicted molar refractivity (Wildman–Crippen MR) is 67.5 cm³/mol. The van der Waals surface area contributed by atoms with E-state index in [1.54, 1.807) is 0 Å². The van der Waals surface area contributed by atoms with E-state index in [4.69, 9.17) is 17.3 Å². The molecule has 3 nitrogen and oxygen atoms in total. The monoisotopic (exact) mass is 258 g/mol. The Balaban J connectivity index is 2.58. The molecule has 1 rings (SSSR count). The van der Waals surface area contributed by atoms with E-state index in [-0.39, 0.29) is 24.1 Å². The Morgan fingerprint density at radius 3 is 2.94 bits per heavy atom. The predicted octanol–water partition coefficient (Wildman–Crippen LogP) is 2.94. The molecule has 0 bridgehead atoms. The smallest absolute Gasteiger partial charge is 0.226 e. The van der Waals surface area contributed by atoms with E-state index in [0.29, 0.717) is 5.02 Å². The van der Waals surface area contributed by atoms with Crippen molar-refractivity contribution < 1.29 is 9.18 Å². The SMILES string of the molecule is CCCC(N)CC(=O)Nc1cc(Cl)ccc1F. The van der Waals surface area contributed by atoms with Crippen molar-refractivity contribution in [3.8, 4) is 0 Å². The molecule has 1 aromatic carbocycles. The van der Waals surface area contributed by atoms with Crippen molar-refractivity contribution in [3.05, 3.63) is 29.0 Å². The zero-order chi connectivity index (χ0) is 12.8. The standard InChI is InChI=1S/C12H16ClFN2O/c1-2-3-9(15)7-12(17)16-11-6-8(13)4-5-10(11)14/h4-6,9H,2-3,7,15H2,1H3,(H,16,17). The fourth-order valence-electron chi connectivity index (χ4n) is 1.51. The number of carbonyl (C=O) groups is 1. The van der Waals surface area contributed by atoms with Gasteiger partial charge in [-0.1, -0.05) is 24.9 Å². The van der Waals surface area contributed by atoms with E-state index in [2.05, 4.69) is 5.32 Å². The second kappa shape index (κ2) is 6.57. The summed E-state index contributed by atoms with van der Waals surface area (Å²) in [6, 6.07) is 3.82. The van der Waals surface area contributed by atoms with Crippen LogP contribution < -0.4 is 11.1 Å². The number of anilines is 1. The van der Waals surface area contributed by atoms with Crippen molar-refractivity contribution in [2.45, 2.75) is 32.2 Å². The molecule has 5 heteroatoms. The molecule has 1 amide bonds. The fourth-order valence-corrected chi connectivity index (χ4v) is 1.68. The molecule has 0 heterocycles. The zero-order valence-corrected chi connectivity index (χ0v) is 10.4. The van der Waals surface area contributed by atoms with Crippen molar-refractivity contribution in [1.29, 1.82) is 0 Å². The first-order valence-electron chi connectivity index (χ1n) is 5.53. The van der Waals surface area contributed by atoms with E-state index in [0.717, 1.165) is 12.8 Å². The molecule has 3 N–H and O–H groups in total. The highest BCUT2D eigenvalue weighted by Gasteiger charge is 2.11. The van der Waals surface area contributed by atoms with Crippen LogP contribution in [0.1, 0.15) is 26.2 Å². The molecule has 0 aliphatic heterocycles. The number of carbonyl (C=O) groups excluding carboxylic acids is 1. The van der Waals surface area contributed by atoms with E-state index in [1.807, 2.05) is 6.92 Å². The van der Waals surface area contributed by atoms with Gasteiger partial charge in [0.15, 0.2) is 0 Å². The summed E-state index contributed by atoms with van der Waals surface area (Å²) in [7, 11) is 0. The molecule has 94 valence electrons. The fraction of sp³-hybridized carbons (Fsp3) is 0.417. The first-order chi connectivity index (χ1) is 8.02. The summed E-state index contributed by atoms with van der Waals surface area (Å²) in [4.78, 5) is 11.6. The Bertz CT molecular complexity index is 398. The molecule has 0 aromatic heterocycles. The van der Waals surface area contributed by atoms with Gasteiger partial charge in [-0.2, -0.15) is 0 Å². The molecule has 0 saturated carbocycles. The van der Waals surface area contributed by atoms with Crippen LogP contribution >= 0.6 is 11.6 Å². The Morgan fingerprint density at radius 2 is 2.29 bits per heavy atom. The summed E-state index contributed by atoms with van der Waals surface area (Å²) in [5.74, 6) is -0.807. The van der Waals surface area contributed by atoms with Gasteiger partial charge in [-0.15, -0.1) is 0 Å². The van der Waals surface area contributed by atoms with Gasteiger partial charge in [-0.05, 0) is 24.6 Å². The van der Waals surface area contributed by atoms with Crippen molar-refractivity contribution in [3.63, 3.8) is 0 Å². The van der Waals surface area contributed by atoms with Gasteiger partial charge in [0.2, 0.25) is 5.91 Å². The molecule has 0 aliphatic rings. The number of hydrogen-bond acceptors (Lipinski definition) is 2. The van der Waals surface area contributed by atoms with Crippen LogP contribution in [0.4, 0.5) is 10.1 Å². The molecule has 1 aromatic rings. The summed E-state index contributed by atoms with van der Waals surface area (Å²) in [6.45, 7) is 1.99. The van der Waals surface area contributed by atoms with Gasteiger partial charge in [-0.3, -0.25) is 4.79 Å². The molecule has 1 unspecified atom stereocenters. The van der Waals surface area contributed by atoms with Gasteiger partial charge < -0.3 is 11.1 Å². The molecular formula is C12H16ClFN2O. The first-order valence-corrected chi connectivity index (χ1v) is 5.91. The number of hydrogen-bond donors (Lipinski definition) is 2. The maximum Gasteiger partial charge on any atom is 0.226 e. The first kappa shape index (κ1) is 13.9. The minimum absolute atomic E-state index is 0.0891. The number of amides is 1. The van der Waals surface area contributed by atoms with E-state index >= 15 is 0 Å². The number of benzene rings is 1. The summed E-state index contributed by atoms with van der Waals surface area (Å²) in [5, 5.41) is 2.84. The third-order valence-corrected chi connectivity index (χ3v) is 2.54. The van der Waals surface area contributed by atoms with Crippen molar-refractivity contribution >= 4 is 23.2 Å². The maximum absolute atomic E-state index is 13.3. The highest BCUT2D eigenvalue weighted by Crippen LogP contribution is 2.19. The van der Waals surface area contributed by atoms with Crippen LogP contribution in [0.25, 0.3) is 0 Å². The Hall–Kier alpha value is -1.13. The average molecular weight is 259 g/mol. The van der Waals surface area contributed by atoms with Crippen LogP contribution in [0.3, 0.4) is 0 Å². The van der Waals surface area contributed by atoms with E-state index in [9.17, 15) is 9.18 Å². The lowest BCUT2D eigenvalue weighted by Crippen LogP contribution is -2.27. The molecule has 17 heavy (non-hydrogen) atoms. The Kier molecular flexibility index (Phi) is 5.38. The van der Waals surface area contributed by atoms with Crippen molar-refractivity contribution in [2.75, 3.05) is 5.32 Å². The summed E-state index contributed by atoms with van der Waals surface area (Å²) >= 11 is 5.71. The van der Waals surface area contributed by atoms with Crippen LogP contribution in [0.2, 0.25) is 5.02 Å². The molecular weight excluding hydrogens is 243 g/mol. The van der Waals surface area contributed by atoms with Crippen molar-refractivity contribution in [1.82, 2.24) is 0 Å². The number of nitrogens with one attached hydrogen (secondary N) is 1. The molecule has 0 radical (unpaired) electrons. The Morgan fingerprint density at radius 1 is 1.59 bits per heavy atom. The van der Waals surface area contributed by atoms with Gasteiger partial charge in [0.25, 0.3) is 0 Å². The van der Waals surface area contributed by atoms with E-state index in [1.165, 1.54) is 18.2 Å². The third-order valence-electron chi connectivity index (χ3n) is 2.31. The average Bonchev–Trinajstić information content (AvgIpc) is 2.23. The lowest BCUT2D eigenvalue weighted by atomic mass is 10.1. The maximum atomic E-state index is 13.3. The number of nitrogens with two attached hydrogens (primary N) is 1. The largest absolute Gasteiger partial charge is 0.327 e. The van der Waals surface area contributed by atoms with Gasteiger partial charge in [0.05, 0.1) is 5.69 Å². The summed E-state index contributed by atoms with van der Waals surface area (Å²) in [6.07, 6.45) is 1.87. The third kappa shape index (κ3) is 4.71. The molecule has 1 atom stereocenters. The summed E-state index contributed by atoms with van der Waals surface area (Å²) in [5.41, 5.74) is 5.82. The lowest BCUT2D eigenvalue weighted by molar-refractivity contribution is -0.116. The summed E-state index contributed by atoms with van der Waals surface area (Å²) < 4.78 is 13.3. The minimum atomic E-state index is -0.508. The van der Waals surface area contributed by atoms with Crippen molar-refractivity contribution in [2.24, 2.45) is 5.73 Å². The van der Waals surface area contributed by atoms with Gasteiger partial charge in [-0.25, -0.2) is 4.39 Å². The minimum Gasteiger partial charge on any atom is -0.327 e. The molecule has 0 spiro atoms. The highest BCUT2D eigenvalue weighted by atomic mass is 35.5. The Labute approximate surface area is 105 Å². The highest BCUT2D eigenvalue weighted by molar-refractivity contribution is 6.30. The van der Waals surface area contributed by atoms with Crippen LogP contribution in [-0.2, 0) is 4.79 Å². The van der Waals surface area contributed by atoms with E-state index < -0.39 is 5.82 Å². The molecule has 0 fully saturated rings. The van der Waals surface area contributed by atoms with Crippen LogP contribution in [-0.4, -0.2) is 11.9 Å². The lowest BCUT2D eigenvalue weighted by Gasteiger charge is -2.11. The topological polar surface area (TPSA) is 55.1 Å². The van der Waals surface area contributed by atoms with Crippen LogP contribution in [0, 0.1) is 5.82 Å². The van der Waals surface area contributed by atoms with Gasteiger partial charge >= 0.3 is 0 Å².